The van der Waals surface area contributed by atoms with Crippen LogP contribution in [0.4, 0.5) is 0 Å². The number of hydrogen-bond acceptors (Lipinski definition) is 4. The third-order valence-corrected chi connectivity index (χ3v) is 1.71. The number of nitrogens with zero attached hydrogens (tertiary/aromatic N) is 3. The van der Waals surface area contributed by atoms with Gasteiger partial charge in [0.2, 0.25) is 5.82 Å². The molecule has 0 amide bonds. The Morgan fingerprint density at radius 3 is 3.15 bits per heavy atom. The van der Waals surface area contributed by atoms with Gasteiger partial charge in [-0.25, -0.2) is 9.78 Å². The average molecular weight is 180 g/mol. The molecule has 68 valence electrons. The highest BCUT2D eigenvalue weighted by atomic mass is 16.5. The fourth-order valence-electron chi connectivity index (χ4n) is 1.11. The number of aromatic amines is 1. The minimum Gasteiger partial charge on any atom is -0.329 e. The van der Waals surface area contributed by atoms with E-state index in [-0.39, 0.29) is 0 Å². The Bertz CT molecular complexity index is 453. The molecule has 0 spiro atoms. The Hall–Kier alpha value is -1.85. The number of aromatic nitrogens is 4. The lowest BCUT2D eigenvalue weighted by molar-refractivity contribution is 0.387. The van der Waals surface area contributed by atoms with Crippen LogP contribution >= 0.6 is 0 Å². The van der Waals surface area contributed by atoms with Crippen molar-refractivity contribution in [1.29, 1.82) is 0 Å². The Morgan fingerprint density at radius 2 is 2.54 bits per heavy atom. The van der Waals surface area contributed by atoms with Crippen molar-refractivity contribution >= 4 is 0 Å². The lowest BCUT2D eigenvalue weighted by atomic mass is 10.5. The molecule has 0 aromatic carbocycles. The van der Waals surface area contributed by atoms with Gasteiger partial charge in [-0.15, -0.1) is 0 Å². The van der Waals surface area contributed by atoms with E-state index in [9.17, 15) is 4.79 Å². The van der Waals surface area contributed by atoms with Gasteiger partial charge in [-0.1, -0.05) is 5.16 Å². The quantitative estimate of drug-likeness (QED) is 0.718. The van der Waals surface area contributed by atoms with Crippen LogP contribution in [0.25, 0.3) is 11.6 Å². The molecule has 0 fully saturated rings. The highest BCUT2D eigenvalue weighted by molar-refractivity contribution is 5.41. The van der Waals surface area contributed by atoms with E-state index >= 15 is 0 Å². The molecule has 6 nitrogen and oxygen atoms in total. The van der Waals surface area contributed by atoms with E-state index in [0.29, 0.717) is 11.6 Å². The summed E-state index contributed by atoms with van der Waals surface area (Å²) in [7, 11) is 0. The lowest BCUT2D eigenvalue weighted by Gasteiger charge is -1.98. The third kappa shape index (κ3) is 1.26. The Balaban J connectivity index is 2.51. The van der Waals surface area contributed by atoms with Crippen LogP contribution in [0.5, 0.6) is 0 Å². The molecule has 0 bridgehead atoms. The summed E-state index contributed by atoms with van der Waals surface area (Å²) in [5, 5.41) is 3.54. The average Bonchev–Trinajstić information content (AvgIpc) is 2.71. The summed E-state index contributed by atoms with van der Waals surface area (Å²) in [6.45, 7) is 2.74. The van der Waals surface area contributed by atoms with E-state index in [2.05, 4.69) is 19.6 Å². The van der Waals surface area contributed by atoms with Crippen LogP contribution < -0.4 is 5.76 Å². The zero-order valence-electron chi connectivity index (χ0n) is 7.02. The van der Waals surface area contributed by atoms with Crippen LogP contribution in [-0.2, 0) is 6.54 Å². The minimum absolute atomic E-state index is 0.358. The van der Waals surface area contributed by atoms with Gasteiger partial charge in [-0.3, -0.25) is 9.51 Å². The van der Waals surface area contributed by atoms with Crippen molar-refractivity contribution < 1.29 is 4.52 Å². The Labute approximate surface area is 73.2 Å². The molecule has 13 heavy (non-hydrogen) atoms. The summed E-state index contributed by atoms with van der Waals surface area (Å²) in [6.07, 6.45) is 3.45. The van der Waals surface area contributed by atoms with Crippen LogP contribution in [0, 0.1) is 0 Å². The van der Waals surface area contributed by atoms with Gasteiger partial charge >= 0.3 is 5.76 Å². The maximum atomic E-state index is 10.7. The monoisotopic (exact) mass is 180 g/mol. The first-order chi connectivity index (χ1) is 6.31. The number of H-pyrrole nitrogens is 1. The summed E-state index contributed by atoms with van der Waals surface area (Å²) in [5.74, 6) is 0.394. The molecule has 0 unspecified atom stereocenters. The molecular formula is C7H8N4O2. The topological polar surface area (TPSA) is 76.7 Å². The van der Waals surface area contributed by atoms with Gasteiger partial charge < -0.3 is 4.57 Å². The Kier molecular flexibility index (Phi) is 1.73. The van der Waals surface area contributed by atoms with Crippen molar-refractivity contribution in [1.82, 2.24) is 19.7 Å². The SMILES string of the molecule is CCn1ccnc1-c1noc(=O)[nH]1. The van der Waals surface area contributed by atoms with Crippen LogP contribution in [-0.4, -0.2) is 19.7 Å². The van der Waals surface area contributed by atoms with Crippen molar-refractivity contribution in [2.24, 2.45) is 0 Å². The molecule has 0 saturated heterocycles. The summed E-state index contributed by atoms with van der Waals surface area (Å²) < 4.78 is 6.23. The van der Waals surface area contributed by atoms with E-state index in [0.717, 1.165) is 6.54 Å². The van der Waals surface area contributed by atoms with Crippen molar-refractivity contribution in [2.45, 2.75) is 13.5 Å². The molecule has 2 rings (SSSR count). The van der Waals surface area contributed by atoms with Gasteiger partial charge in [0.25, 0.3) is 0 Å². The van der Waals surface area contributed by atoms with Gasteiger partial charge in [-0.05, 0) is 6.92 Å². The number of imidazole rings is 1. The Morgan fingerprint density at radius 1 is 1.69 bits per heavy atom. The first-order valence-corrected chi connectivity index (χ1v) is 3.88. The predicted octanol–water partition coefficient (Wildman–Crippen LogP) is 0.246. The molecule has 6 heteroatoms. The number of hydrogen-bond donors (Lipinski definition) is 1. The van der Waals surface area contributed by atoms with Crippen LogP contribution in [0.15, 0.2) is 21.7 Å². The second-order valence-electron chi connectivity index (χ2n) is 2.48. The number of aryl methyl sites for hydroxylation is 1. The summed E-state index contributed by atoms with van der Waals surface area (Å²) in [5.41, 5.74) is 0. The van der Waals surface area contributed by atoms with Crippen LogP contribution in [0.3, 0.4) is 0 Å². The van der Waals surface area contributed by atoms with Gasteiger partial charge in [0.1, 0.15) is 0 Å². The van der Waals surface area contributed by atoms with E-state index in [4.69, 9.17) is 0 Å². The van der Waals surface area contributed by atoms with Crippen LogP contribution in [0.1, 0.15) is 6.92 Å². The van der Waals surface area contributed by atoms with Gasteiger partial charge in [0.15, 0.2) is 5.82 Å². The van der Waals surface area contributed by atoms with E-state index < -0.39 is 5.76 Å². The van der Waals surface area contributed by atoms with Gasteiger partial charge in [-0.2, -0.15) is 0 Å². The molecule has 2 heterocycles. The zero-order chi connectivity index (χ0) is 9.26. The molecule has 1 N–H and O–H groups in total. The minimum atomic E-state index is -0.569. The van der Waals surface area contributed by atoms with Gasteiger partial charge in [0, 0.05) is 18.9 Å². The summed E-state index contributed by atoms with van der Waals surface area (Å²) in [6, 6.07) is 0. The fraction of sp³-hybridized carbons (Fsp3) is 0.286. The first-order valence-electron chi connectivity index (χ1n) is 3.88. The van der Waals surface area contributed by atoms with E-state index in [1.54, 1.807) is 6.20 Å². The molecule has 0 aliphatic heterocycles. The largest absolute Gasteiger partial charge is 0.439 e. The first kappa shape index (κ1) is 7.78. The highest BCUT2D eigenvalue weighted by Crippen LogP contribution is 2.09. The van der Waals surface area contributed by atoms with Gasteiger partial charge in [0.05, 0.1) is 0 Å². The van der Waals surface area contributed by atoms with Crippen molar-refractivity contribution in [2.75, 3.05) is 0 Å². The summed E-state index contributed by atoms with van der Waals surface area (Å²) in [4.78, 5) is 17.1. The smallest absolute Gasteiger partial charge is 0.329 e. The molecule has 0 saturated carbocycles. The molecule has 0 aliphatic carbocycles. The van der Waals surface area contributed by atoms with Crippen LogP contribution in [0.2, 0.25) is 0 Å². The zero-order valence-corrected chi connectivity index (χ0v) is 7.02. The molecular weight excluding hydrogens is 172 g/mol. The summed E-state index contributed by atoms with van der Waals surface area (Å²) >= 11 is 0. The maximum Gasteiger partial charge on any atom is 0.439 e. The van der Waals surface area contributed by atoms with Crippen molar-refractivity contribution in [3.05, 3.63) is 22.9 Å². The molecule has 0 aliphatic rings. The maximum absolute atomic E-state index is 10.7. The second kappa shape index (κ2) is 2.89. The second-order valence-corrected chi connectivity index (χ2v) is 2.48. The number of nitrogens with one attached hydrogen (secondary N) is 1. The van der Waals surface area contributed by atoms with Crippen molar-refractivity contribution in [3.63, 3.8) is 0 Å². The standard InChI is InChI=1S/C7H8N4O2/c1-2-11-4-3-8-6(11)5-9-7(12)13-10-5/h3-4H,2H2,1H3,(H,9,10,12). The molecule has 0 radical (unpaired) electrons. The fourth-order valence-corrected chi connectivity index (χ4v) is 1.11. The number of rotatable bonds is 2. The molecule has 2 aromatic heterocycles. The highest BCUT2D eigenvalue weighted by Gasteiger charge is 2.09. The lowest BCUT2D eigenvalue weighted by Crippen LogP contribution is -2.00. The molecule has 0 atom stereocenters. The predicted molar refractivity (Wildman–Crippen MR) is 44.0 cm³/mol. The normalized spacial score (nSPS) is 10.5. The van der Waals surface area contributed by atoms with E-state index in [1.165, 1.54) is 0 Å². The van der Waals surface area contributed by atoms with E-state index in [1.807, 2.05) is 17.7 Å². The molecule has 2 aromatic rings. The van der Waals surface area contributed by atoms with Crippen molar-refractivity contribution in [3.8, 4) is 11.6 Å². The third-order valence-electron chi connectivity index (χ3n) is 1.71.